The number of carbonyl (C=O) groups excluding carboxylic acids is 1. The van der Waals surface area contributed by atoms with Crippen molar-refractivity contribution >= 4 is 17.2 Å². The molecule has 3 rings (SSSR count). The van der Waals surface area contributed by atoms with Gasteiger partial charge in [0.15, 0.2) is 0 Å². The Hall–Kier alpha value is -0.870. The molecular formula is C13H18N2OS. The van der Waals surface area contributed by atoms with E-state index in [1.54, 1.807) is 11.3 Å². The number of rotatable bonds is 3. The standard InChI is InChI=1S/C13H18N2OS/c1-8(2)11-13(16)15(9-5-6-9)12(14-11)10-4-3-7-17-10/h3-4,7-9,11-12,14H,5-6H2,1-2H3. The van der Waals surface area contributed by atoms with Crippen LogP contribution in [0.2, 0.25) is 0 Å². The Morgan fingerprint density at radius 1 is 1.47 bits per heavy atom. The van der Waals surface area contributed by atoms with E-state index < -0.39 is 0 Å². The smallest absolute Gasteiger partial charge is 0.241 e. The van der Waals surface area contributed by atoms with Gasteiger partial charge >= 0.3 is 0 Å². The molecule has 0 radical (unpaired) electrons. The van der Waals surface area contributed by atoms with Crippen molar-refractivity contribution in [1.82, 2.24) is 10.2 Å². The van der Waals surface area contributed by atoms with Crippen LogP contribution in [0.3, 0.4) is 0 Å². The van der Waals surface area contributed by atoms with Crippen molar-refractivity contribution in [3.05, 3.63) is 22.4 Å². The number of thiophene rings is 1. The third-order valence-corrected chi connectivity index (χ3v) is 4.48. The van der Waals surface area contributed by atoms with E-state index >= 15 is 0 Å². The number of nitrogens with one attached hydrogen (secondary N) is 1. The van der Waals surface area contributed by atoms with Crippen LogP contribution < -0.4 is 5.32 Å². The van der Waals surface area contributed by atoms with E-state index in [9.17, 15) is 4.79 Å². The second kappa shape index (κ2) is 4.10. The average Bonchev–Trinajstić information content (AvgIpc) is 2.86. The fraction of sp³-hybridized carbons (Fsp3) is 0.615. The first kappa shape index (κ1) is 11.2. The molecule has 0 aromatic carbocycles. The van der Waals surface area contributed by atoms with Crippen LogP contribution in [0.5, 0.6) is 0 Å². The first-order valence-corrected chi connectivity index (χ1v) is 7.18. The predicted octanol–water partition coefficient (Wildman–Crippen LogP) is 2.37. The topological polar surface area (TPSA) is 32.3 Å². The Bertz CT molecular complexity index is 411. The van der Waals surface area contributed by atoms with Crippen molar-refractivity contribution in [2.24, 2.45) is 5.92 Å². The Morgan fingerprint density at radius 2 is 2.24 bits per heavy atom. The van der Waals surface area contributed by atoms with Crippen molar-refractivity contribution in [2.45, 2.75) is 44.9 Å². The highest BCUT2D eigenvalue weighted by Crippen LogP contribution is 2.39. The summed E-state index contributed by atoms with van der Waals surface area (Å²) in [5.74, 6) is 0.648. The van der Waals surface area contributed by atoms with Crippen molar-refractivity contribution in [1.29, 1.82) is 0 Å². The molecule has 2 unspecified atom stereocenters. The zero-order chi connectivity index (χ0) is 12.0. The summed E-state index contributed by atoms with van der Waals surface area (Å²) in [4.78, 5) is 15.7. The summed E-state index contributed by atoms with van der Waals surface area (Å²) in [6.07, 6.45) is 2.45. The molecule has 1 N–H and O–H groups in total. The number of amides is 1. The minimum Gasteiger partial charge on any atom is -0.318 e. The largest absolute Gasteiger partial charge is 0.318 e. The fourth-order valence-corrected chi connectivity index (χ4v) is 3.28. The van der Waals surface area contributed by atoms with Gasteiger partial charge in [-0.1, -0.05) is 19.9 Å². The summed E-state index contributed by atoms with van der Waals surface area (Å²) in [5, 5.41) is 5.58. The monoisotopic (exact) mass is 250 g/mol. The van der Waals surface area contributed by atoms with Gasteiger partial charge in [0, 0.05) is 10.9 Å². The zero-order valence-corrected chi connectivity index (χ0v) is 11.0. The van der Waals surface area contributed by atoms with Gasteiger partial charge in [-0.3, -0.25) is 10.1 Å². The summed E-state index contributed by atoms with van der Waals surface area (Å²) in [6, 6.07) is 4.64. The Labute approximate surface area is 106 Å². The van der Waals surface area contributed by atoms with Crippen molar-refractivity contribution < 1.29 is 4.79 Å². The summed E-state index contributed by atoms with van der Waals surface area (Å²) in [7, 11) is 0. The van der Waals surface area contributed by atoms with Crippen LogP contribution in [0.15, 0.2) is 17.5 Å². The summed E-state index contributed by atoms with van der Waals surface area (Å²) in [6.45, 7) is 4.22. The molecule has 2 aliphatic rings. The lowest BCUT2D eigenvalue weighted by atomic mass is 10.1. The minimum absolute atomic E-state index is 0.0114. The van der Waals surface area contributed by atoms with E-state index in [4.69, 9.17) is 0 Å². The molecule has 92 valence electrons. The maximum Gasteiger partial charge on any atom is 0.241 e. The minimum atomic E-state index is -0.0114. The average molecular weight is 250 g/mol. The molecule has 1 aliphatic heterocycles. The van der Waals surface area contributed by atoms with E-state index in [1.807, 2.05) is 0 Å². The maximum atomic E-state index is 12.4. The normalized spacial score (nSPS) is 29.4. The Balaban J connectivity index is 1.89. The summed E-state index contributed by atoms with van der Waals surface area (Å²) >= 11 is 1.73. The molecule has 2 atom stereocenters. The van der Waals surface area contributed by atoms with Crippen LogP contribution in [0.4, 0.5) is 0 Å². The summed E-state index contributed by atoms with van der Waals surface area (Å²) in [5.41, 5.74) is 0. The molecule has 17 heavy (non-hydrogen) atoms. The van der Waals surface area contributed by atoms with Crippen molar-refractivity contribution in [3.63, 3.8) is 0 Å². The highest BCUT2D eigenvalue weighted by molar-refractivity contribution is 7.10. The molecule has 0 bridgehead atoms. The second-order valence-corrected chi connectivity index (χ2v) is 6.26. The molecule has 1 aliphatic carbocycles. The first-order chi connectivity index (χ1) is 8.18. The number of nitrogens with zero attached hydrogens (tertiary/aromatic N) is 1. The van der Waals surface area contributed by atoms with Crippen molar-refractivity contribution in [2.75, 3.05) is 0 Å². The van der Waals surface area contributed by atoms with Gasteiger partial charge < -0.3 is 4.90 Å². The van der Waals surface area contributed by atoms with E-state index in [0.29, 0.717) is 17.9 Å². The predicted molar refractivity (Wildman–Crippen MR) is 68.7 cm³/mol. The highest BCUT2D eigenvalue weighted by Gasteiger charge is 2.47. The molecule has 4 heteroatoms. The van der Waals surface area contributed by atoms with Crippen LogP contribution in [0, 0.1) is 5.92 Å². The lowest BCUT2D eigenvalue weighted by Gasteiger charge is -2.22. The lowest BCUT2D eigenvalue weighted by molar-refractivity contribution is -0.131. The van der Waals surface area contributed by atoms with Gasteiger partial charge in [-0.25, -0.2) is 0 Å². The van der Waals surface area contributed by atoms with Gasteiger partial charge in [0.25, 0.3) is 0 Å². The summed E-state index contributed by atoms with van der Waals surface area (Å²) < 4.78 is 0. The third-order valence-electron chi connectivity index (χ3n) is 3.56. The molecular weight excluding hydrogens is 232 g/mol. The molecule has 3 nitrogen and oxygen atoms in total. The fourth-order valence-electron chi connectivity index (χ4n) is 2.50. The van der Waals surface area contributed by atoms with Crippen LogP contribution in [-0.2, 0) is 4.79 Å². The molecule has 1 saturated heterocycles. The molecule has 1 aromatic heterocycles. The van der Waals surface area contributed by atoms with E-state index in [1.165, 1.54) is 17.7 Å². The van der Waals surface area contributed by atoms with Gasteiger partial charge in [-0.05, 0) is 30.2 Å². The Morgan fingerprint density at radius 3 is 2.76 bits per heavy atom. The van der Waals surface area contributed by atoms with Crippen LogP contribution in [-0.4, -0.2) is 22.9 Å². The van der Waals surface area contributed by atoms with Crippen LogP contribution in [0.25, 0.3) is 0 Å². The van der Waals surface area contributed by atoms with Crippen molar-refractivity contribution in [3.8, 4) is 0 Å². The van der Waals surface area contributed by atoms with Gasteiger partial charge in [-0.2, -0.15) is 0 Å². The third kappa shape index (κ3) is 1.89. The number of hydrogen-bond acceptors (Lipinski definition) is 3. The van der Waals surface area contributed by atoms with Crippen LogP contribution >= 0.6 is 11.3 Å². The molecule has 1 saturated carbocycles. The SMILES string of the molecule is CC(C)C1NC(c2cccs2)N(C2CC2)C1=O. The van der Waals surface area contributed by atoms with E-state index in [0.717, 1.165) is 0 Å². The molecule has 0 spiro atoms. The second-order valence-electron chi connectivity index (χ2n) is 5.28. The van der Waals surface area contributed by atoms with Gasteiger partial charge in [0.2, 0.25) is 5.91 Å². The first-order valence-electron chi connectivity index (χ1n) is 6.30. The lowest BCUT2D eigenvalue weighted by Crippen LogP contribution is -2.35. The molecule has 1 aromatic rings. The number of hydrogen-bond donors (Lipinski definition) is 1. The van der Waals surface area contributed by atoms with Gasteiger partial charge in [-0.15, -0.1) is 11.3 Å². The van der Waals surface area contributed by atoms with Gasteiger partial charge in [0.05, 0.1) is 6.04 Å². The van der Waals surface area contributed by atoms with Crippen LogP contribution in [0.1, 0.15) is 37.7 Å². The quantitative estimate of drug-likeness (QED) is 0.893. The van der Waals surface area contributed by atoms with E-state index in [-0.39, 0.29) is 12.2 Å². The Kier molecular flexibility index (Phi) is 2.71. The van der Waals surface area contributed by atoms with Gasteiger partial charge in [0.1, 0.15) is 6.17 Å². The highest BCUT2D eigenvalue weighted by atomic mass is 32.1. The number of carbonyl (C=O) groups is 1. The molecule has 2 fully saturated rings. The maximum absolute atomic E-state index is 12.4. The molecule has 2 heterocycles. The molecule has 1 amide bonds. The van der Waals surface area contributed by atoms with E-state index in [2.05, 4.69) is 41.6 Å². The zero-order valence-electron chi connectivity index (χ0n) is 10.2.